The second-order valence-corrected chi connectivity index (χ2v) is 4.99. The van der Waals surface area contributed by atoms with Crippen LogP contribution in [-0.4, -0.2) is 16.5 Å². The lowest BCUT2D eigenvalue weighted by Gasteiger charge is -2.39. The first-order valence-corrected chi connectivity index (χ1v) is 6.25. The van der Waals surface area contributed by atoms with Gasteiger partial charge in [-0.05, 0) is 25.0 Å². The van der Waals surface area contributed by atoms with E-state index in [2.05, 4.69) is 9.97 Å². The quantitative estimate of drug-likeness (QED) is 0.873. The minimum Gasteiger partial charge on any atom is -0.341 e. The summed E-state index contributed by atoms with van der Waals surface area (Å²) in [5.41, 5.74) is 7.54. The molecule has 1 fully saturated rings. The first-order chi connectivity index (χ1) is 8.73. The second-order valence-electron chi connectivity index (χ2n) is 4.99. The SMILES string of the molecule is NCC1(c2ncc(-c3cccc(F)c3)[nH]2)CCC1. The number of nitrogens with zero attached hydrogens (tertiary/aromatic N) is 1. The number of imidazole rings is 1. The molecule has 3 rings (SSSR count). The summed E-state index contributed by atoms with van der Waals surface area (Å²) in [5.74, 6) is 0.705. The fourth-order valence-corrected chi connectivity index (χ4v) is 2.53. The van der Waals surface area contributed by atoms with Gasteiger partial charge in [0.05, 0.1) is 11.9 Å². The van der Waals surface area contributed by atoms with E-state index in [1.54, 1.807) is 12.3 Å². The van der Waals surface area contributed by atoms with Gasteiger partial charge in [0, 0.05) is 17.5 Å². The molecule has 1 aromatic heterocycles. The summed E-state index contributed by atoms with van der Waals surface area (Å²) < 4.78 is 13.2. The molecule has 1 aliphatic rings. The van der Waals surface area contributed by atoms with Gasteiger partial charge < -0.3 is 10.7 Å². The number of halogens is 1. The van der Waals surface area contributed by atoms with E-state index >= 15 is 0 Å². The summed E-state index contributed by atoms with van der Waals surface area (Å²) in [5, 5.41) is 0. The van der Waals surface area contributed by atoms with Crippen molar-refractivity contribution in [3.63, 3.8) is 0 Å². The fraction of sp³-hybridized carbons (Fsp3) is 0.357. The Morgan fingerprint density at radius 1 is 1.39 bits per heavy atom. The highest BCUT2D eigenvalue weighted by molar-refractivity contribution is 5.58. The van der Waals surface area contributed by atoms with E-state index in [0.29, 0.717) is 6.54 Å². The lowest BCUT2D eigenvalue weighted by atomic mass is 9.68. The maximum atomic E-state index is 13.2. The van der Waals surface area contributed by atoms with Crippen molar-refractivity contribution in [2.45, 2.75) is 24.7 Å². The molecule has 0 aliphatic heterocycles. The van der Waals surface area contributed by atoms with Gasteiger partial charge in [-0.3, -0.25) is 0 Å². The minimum atomic E-state index is -0.235. The Balaban J connectivity index is 1.94. The number of rotatable bonds is 3. The van der Waals surface area contributed by atoms with Gasteiger partial charge in [0.1, 0.15) is 11.6 Å². The molecule has 94 valence electrons. The summed E-state index contributed by atoms with van der Waals surface area (Å²) >= 11 is 0. The number of hydrogen-bond donors (Lipinski definition) is 2. The number of hydrogen-bond acceptors (Lipinski definition) is 2. The molecular formula is C14H16FN3. The van der Waals surface area contributed by atoms with Crippen LogP contribution in [0.3, 0.4) is 0 Å². The molecule has 3 N–H and O–H groups in total. The van der Waals surface area contributed by atoms with Gasteiger partial charge in [0.15, 0.2) is 0 Å². The molecular weight excluding hydrogens is 229 g/mol. The maximum absolute atomic E-state index is 13.2. The normalized spacial score (nSPS) is 17.4. The molecule has 0 atom stereocenters. The lowest BCUT2D eigenvalue weighted by Crippen LogP contribution is -2.42. The van der Waals surface area contributed by atoms with E-state index in [0.717, 1.165) is 29.9 Å². The van der Waals surface area contributed by atoms with Crippen molar-refractivity contribution in [1.29, 1.82) is 0 Å². The highest BCUT2D eigenvalue weighted by Crippen LogP contribution is 2.41. The number of nitrogens with two attached hydrogens (primary N) is 1. The summed E-state index contributed by atoms with van der Waals surface area (Å²) in [4.78, 5) is 7.72. The van der Waals surface area contributed by atoms with Crippen molar-refractivity contribution in [1.82, 2.24) is 9.97 Å². The number of aromatic nitrogens is 2. The molecule has 1 aliphatic carbocycles. The standard InChI is InChI=1S/C14H16FN3/c15-11-4-1-3-10(7-11)12-8-17-13(18-12)14(9-16)5-2-6-14/h1,3-4,7-8H,2,5-6,9,16H2,(H,17,18). The zero-order chi connectivity index (χ0) is 12.6. The van der Waals surface area contributed by atoms with E-state index in [1.165, 1.54) is 18.6 Å². The molecule has 1 heterocycles. The van der Waals surface area contributed by atoms with Crippen LogP contribution in [0.1, 0.15) is 25.1 Å². The van der Waals surface area contributed by atoms with E-state index in [1.807, 2.05) is 6.07 Å². The van der Waals surface area contributed by atoms with Gasteiger partial charge in [-0.15, -0.1) is 0 Å². The zero-order valence-electron chi connectivity index (χ0n) is 10.1. The van der Waals surface area contributed by atoms with Crippen molar-refractivity contribution >= 4 is 0 Å². The Bertz CT molecular complexity index is 552. The maximum Gasteiger partial charge on any atom is 0.123 e. The van der Waals surface area contributed by atoms with Crippen LogP contribution in [0, 0.1) is 5.82 Å². The van der Waals surface area contributed by atoms with Crippen molar-refractivity contribution in [3.05, 3.63) is 42.1 Å². The Labute approximate surface area is 105 Å². The predicted molar refractivity (Wildman–Crippen MR) is 68.6 cm³/mol. The summed E-state index contributed by atoms with van der Waals surface area (Å²) in [6, 6.07) is 6.52. The van der Waals surface area contributed by atoms with Gasteiger partial charge in [0.25, 0.3) is 0 Å². The van der Waals surface area contributed by atoms with E-state index < -0.39 is 0 Å². The zero-order valence-corrected chi connectivity index (χ0v) is 10.1. The Kier molecular flexibility index (Phi) is 2.67. The van der Waals surface area contributed by atoms with Crippen LogP contribution in [0.25, 0.3) is 11.3 Å². The van der Waals surface area contributed by atoms with Crippen LogP contribution in [0.5, 0.6) is 0 Å². The third kappa shape index (κ3) is 1.73. The van der Waals surface area contributed by atoms with Crippen LogP contribution in [0.2, 0.25) is 0 Å². The van der Waals surface area contributed by atoms with Crippen LogP contribution < -0.4 is 5.73 Å². The average Bonchev–Trinajstić information content (AvgIpc) is 2.78. The van der Waals surface area contributed by atoms with Gasteiger partial charge >= 0.3 is 0 Å². The molecule has 0 amide bonds. The number of H-pyrrole nitrogens is 1. The first kappa shape index (κ1) is 11.4. The first-order valence-electron chi connectivity index (χ1n) is 6.25. The van der Waals surface area contributed by atoms with Crippen LogP contribution in [-0.2, 0) is 5.41 Å². The monoisotopic (exact) mass is 245 g/mol. The molecule has 4 heteroatoms. The van der Waals surface area contributed by atoms with E-state index in [4.69, 9.17) is 5.73 Å². The van der Waals surface area contributed by atoms with Gasteiger partial charge in [-0.2, -0.15) is 0 Å². The fourth-order valence-electron chi connectivity index (χ4n) is 2.53. The summed E-state index contributed by atoms with van der Waals surface area (Å²) in [7, 11) is 0. The van der Waals surface area contributed by atoms with Crippen molar-refractivity contribution in [2.75, 3.05) is 6.54 Å². The molecule has 1 aromatic carbocycles. The number of benzene rings is 1. The molecule has 0 spiro atoms. The molecule has 18 heavy (non-hydrogen) atoms. The van der Waals surface area contributed by atoms with Gasteiger partial charge in [0.2, 0.25) is 0 Å². The van der Waals surface area contributed by atoms with Gasteiger partial charge in [-0.1, -0.05) is 18.6 Å². The summed E-state index contributed by atoms with van der Waals surface area (Å²) in [6.45, 7) is 0.614. The Hall–Kier alpha value is -1.68. The van der Waals surface area contributed by atoms with Crippen molar-refractivity contribution in [2.24, 2.45) is 5.73 Å². The minimum absolute atomic E-state index is 0.0194. The summed E-state index contributed by atoms with van der Waals surface area (Å²) in [6.07, 6.45) is 5.13. The van der Waals surface area contributed by atoms with E-state index in [-0.39, 0.29) is 11.2 Å². The largest absolute Gasteiger partial charge is 0.341 e. The Morgan fingerprint density at radius 2 is 2.22 bits per heavy atom. The Morgan fingerprint density at radius 3 is 2.83 bits per heavy atom. The molecule has 0 unspecified atom stereocenters. The molecule has 0 saturated heterocycles. The third-order valence-electron chi connectivity index (χ3n) is 3.92. The van der Waals surface area contributed by atoms with Gasteiger partial charge in [-0.25, -0.2) is 9.37 Å². The number of nitrogens with one attached hydrogen (secondary N) is 1. The van der Waals surface area contributed by atoms with Crippen LogP contribution in [0.4, 0.5) is 4.39 Å². The number of aromatic amines is 1. The molecule has 1 saturated carbocycles. The second kappa shape index (κ2) is 4.21. The van der Waals surface area contributed by atoms with Crippen molar-refractivity contribution in [3.8, 4) is 11.3 Å². The lowest BCUT2D eigenvalue weighted by molar-refractivity contribution is 0.240. The molecule has 2 aromatic rings. The molecule has 0 radical (unpaired) electrons. The van der Waals surface area contributed by atoms with E-state index in [9.17, 15) is 4.39 Å². The van der Waals surface area contributed by atoms with Crippen molar-refractivity contribution < 1.29 is 4.39 Å². The topological polar surface area (TPSA) is 54.7 Å². The smallest absolute Gasteiger partial charge is 0.123 e. The highest BCUT2D eigenvalue weighted by Gasteiger charge is 2.39. The predicted octanol–water partition coefficient (Wildman–Crippen LogP) is 2.60. The van der Waals surface area contributed by atoms with Crippen LogP contribution >= 0.6 is 0 Å². The highest BCUT2D eigenvalue weighted by atomic mass is 19.1. The average molecular weight is 245 g/mol. The van der Waals surface area contributed by atoms with Crippen LogP contribution in [0.15, 0.2) is 30.5 Å². The molecule has 0 bridgehead atoms. The third-order valence-corrected chi connectivity index (χ3v) is 3.92. The molecule has 3 nitrogen and oxygen atoms in total.